The van der Waals surface area contributed by atoms with Crippen molar-refractivity contribution in [2.45, 2.75) is 19.2 Å². The number of carbonyl (C=O) groups is 2. The predicted octanol–water partition coefficient (Wildman–Crippen LogP) is 4.73. The second-order valence-electron chi connectivity index (χ2n) is 5.01. The molecule has 2 rings (SSSR count). The highest BCUT2D eigenvalue weighted by atomic mass is 79.9. The molecule has 24 heavy (non-hydrogen) atoms. The van der Waals surface area contributed by atoms with Crippen LogP contribution in [0.25, 0.3) is 0 Å². The fourth-order valence-corrected chi connectivity index (χ4v) is 2.28. The van der Waals surface area contributed by atoms with Crippen LogP contribution in [0.1, 0.15) is 22.3 Å². The maximum absolute atomic E-state index is 12.1. The first kappa shape index (κ1) is 18.2. The second kappa shape index (κ2) is 7.61. The largest absolute Gasteiger partial charge is 0.573 e. The first-order valence-corrected chi connectivity index (χ1v) is 7.67. The molecule has 0 N–H and O–H groups in total. The fourth-order valence-electron chi connectivity index (χ4n) is 2.02. The van der Waals surface area contributed by atoms with E-state index in [2.05, 4.69) is 20.7 Å². The van der Waals surface area contributed by atoms with Gasteiger partial charge in [-0.2, -0.15) is 0 Å². The lowest BCUT2D eigenvalue weighted by Gasteiger charge is -2.09. The Hall–Kier alpha value is -2.15. The minimum absolute atomic E-state index is 0.0332. The third-order valence-corrected chi connectivity index (χ3v) is 3.61. The van der Waals surface area contributed by atoms with Crippen LogP contribution >= 0.6 is 15.9 Å². The average molecular weight is 401 g/mol. The second-order valence-corrected chi connectivity index (χ2v) is 5.93. The molecule has 0 unspecified atom stereocenters. The number of alkyl halides is 3. The van der Waals surface area contributed by atoms with E-state index in [1.165, 1.54) is 12.1 Å². The first-order chi connectivity index (χ1) is 11.2. The smallest absolute Gasteiger partial charge is 0.406 e. The Morgan fingerprint density at radius 1 is 0.958 bits per heavy atom. The van der Waals surface area contributed by atoms with Gasteiger partial charge < -0.3 is 4.74 Å². The molecule has 0 aliphatic carbocycles. The Bertz CT molecular complexity index is 722. The van der Waals surface area contributed by atoms with Crippen molar-refractivity contribution in [1.29, 1.82) is 0 Å². The number of halogens is 4. The molecule has 0 saturated heterocycles. The number of hydrogen-bond acceptors (Lipinski definition) is 3. The van der Waals surface area contributed by atoms with Gasteiger partial charge in [-0.1, -0.05) is 40.2 Å². The van der Waals surface area contributed by atoms with Crippen molar-refractivity contribution in [3.8, 4) is 5.75 Å². The van der Waals surface area contributed by atoms with E-state index in [0.29, 0.717) is 11.1 Å². The molecule has 0 spiro atoms. The van der Waals surface area contributed by atoms with E-state index in [1.54, 1.807) is 24.3 Å². The van der Waals surface area contributed by atoms with E-state index in [9.17, 15) is 22.8 Å². The molecule has 0 atom stereocenters. The van der Waals surface area contributed by atoms with Crippen LogP contribution in [0.15, 0.2) is 53.0 Å². The molecule has 2 aromatic rings. The van der Waals surface area contributed by atoms with E-state index < -0.39 is 6.36 Å². The molecular weight excluding hydrogens is 389 g/mol. The van der Waals surface area contributed by atoms with Gasteiger partial charge in [0.1, 0.15) is 11.5 Å². The van der Waals surface area contributed by atoms with Crippen molar-refractivity contribution in [3.05, 3.63) is 64.1 Å². The summed E-state index contributed by atoms with van der Waals surface area (Å²) >= 11 is 3.25. The third-order valence-electron chi connectivity index (χ3n) is 3.08. The predicted molar refractivity (Wildman–Crippen MR) is 84.9 cm³/mol. The number of benzene rings is 2. The van der Waals surface area contributed by atoms with Crippen molar-refractivity contribution < 1.29 is 27.5 Å². The zero-order valence-electron chi connectivity index (χ0n) is 12.3. The van der Waals surface area contributed by atoms with E-state index in [4.69, 9.17) is 0 Å². The van der Waals surface area contributed by atoms with E-state index in [0.717, 1.165) is 16.6 Å². The van der Waals surface area contributed by atoms with Crippen molar-refractivity contribution in [1.82, 2.24) is 0 Å². The Morgan fingerprint density at radius 3 is 2.08 bits per heavy atom. The lowest BCUT2D eigenvalue weighted by Crippen LogP contribution is -2.17. The zero-order valence-corrected chi connectivity index (χ0v) is 13.9. The maximum atomic E-state index is 12.1. The highest BCUT2D eigenvalue weighted by Crippen LogP contribution is 2.23. The fraction of sp³-hybridized carbons (Fsp3) is 0.176. The summed E-state index contributed by atoms with van der Waals surface area (Å²) in [6, 6.07) is 11.6. The average Bonchev–Trinajstić information content (AvgIpc) is 2.48. The molecule has 0 bridgehead atoms. The van der Waals surface area contributed by atoms with Gasteiger partial charge in [0.2, 0.25) is 0 Å². The molecule has 0 aliphatic rings. The Balaban J connectivity index is 1.92. The molecule has 0 aromatic heterocycles. The minimum atomic E-state index is -4.76. The Morgan fingerprint density at radius 2 is 1.54 bits per heavy atom. The summed E-state index contributed by atoms with van der Waals surface area (Å²) in [4.78, 5) is 23.9. The van der Waals surface area contributed by atoms with Crippen LogP contribution in [0.4, 0.5) is 13.2 Å². The van der Waals surface area contributed by atoms with Crippen molar-refractivity contribution in [3.63, 3.8) is 0 Å². The maximum Gasteiger partial charge on any atom is 0.573 e. The summed E-state index contributed by atoms with van der Waals surface area (Å²) in [6.45, 7) is 0. The highest BCUT2D eigenvalue weighted by Gasteiger charge is 2.30. The molecule has 0 amide bonds. The quantitative estimate of drug-likeness (QED) is 0.519. The van der Waals surface area contributed by atoms with Crippen LogP contribution in [-0.2, 0) is 11.2 Å². The first-order valence-electron chi connectivity index (χ1n) is 6.88. The van der Waals surface area contributed by atoms with E-state index >= 15 is 0 Å². The SMILES string of the molecule is O=C(CC(=O)c1ccc(Br)cc1)Cc1ccc(OC(F)(F)F)cc1. The lowest BCUT2D eigenvalue weighted by molar-refractivity contribution is -0.274. The monoisotopic (exact) mass is 400 g/mol. The normalized spacial score (nSPS) is 11.2. The van der Waals surface area contributed by atoms with Crippen molar-refractivity contribution in [2.24, 2.45) is 0 Å². The third kappa shape index (κ3) is 5.81. The van der Waals surface area contributed by atoms with Crippen molar-refractivity contribution >= 4 is 27.5 Å². The molecule has 0 saturated carbocycles. The molecule has 2 aromatic carbocycles. The van der Waals surface area contributed by atoms with Gasteiger partial charge in [0.15, 0.2) is 5.78 Å². The zero-order chi connectivity index (χ0) is 17.7. The van der Waals surface area contributed by atoms with E-state index in [-0.39, 0.29) is 30.2 Å². The molecule has 0 fully saturated rings. The molecule has 0 heterocycles. The lowest BCUT2D eigenvalue weighted by atomic mass is 10.0. The van der Waals surface area contributed by atoms with Crippen LogP contribution in [0.5, 0.6) is 5.75 Å². The van der Waals surface area contributed by atoms with Crippen LogP contribution < -0.4 is 4.74 Å². The van der Waals surface area contributed by atoms with Gasteiger partial charge in [0.25, 0.3) is 0 Å². The molecule has 3 nitrogen and oxygen atoms in total. The number of rotatable bonds is 6. The summed E-state index contributed by atoms with van der Waals surface area (Å²) in [6.07, 6.45) is -5.05. The number of hydrogen-bond donors (Lipinski definition) is 0. The molecule has 126 valence electrons. The Labute approximate surface area is 144 Å². The number of ketones is 2. The van der Waals surface area contributed by atoms with Crippen LogP contribution in [0, 0.1) is 0 Å². The number of ether oxygens (including phenoxy) is 1. The Kier molecular flexibility index (Phi) is 5.77. The summed E-state index contributed by atoms with van der Waals surface area (Å²) in [5.74, 6) is -0.971. The van der Waals surface area contributed by atoms with Gasteiger partial charge in [-0.05, 0) is 29.8 Å². The minimum Gasteiger partial charge on any atom is -0.406 e. The molecule has 7 heteroatoms. The van der Waals surface area contributed by atoms with Crippen LogP contribution in [-0.4, -0.2) is 17.9 Å². The molecule has 0 radical (unpaired) electrons. The summed E-state index contributed by atoms with van der Waals surface area (Å²) in [5.41, 5.74) is 0.943. The standard InChI is InChI=1S/C17H12BrF3O3/c18-13-5-3-12(4-6-13)16(23)10-14(22)9-11-1-7-15(8-2-11)24-17(19,20)21/h1-8H,9-10H2. The number of carbonyl (C=O) groups excluding carboxylic acids is 2. The van der Waals surface area contributed by atoms with E-state index in [1.807, 2.05) is 0 Å². The molecular formula is C17H12BrF3O3. The van der Waals surface area contributed by atoms with Crippen LogP contribution in [0.2, 0.25) is 0 Å². The van der Waals surface area contributed by atoms with Crippen LogP contribution in [0.3, 0.4) is 0 Å². The summed E-state index contributed by atoms with van der Waals surface area (Å²) in [5, 5.41) is 0. The van der Waals surface area contributed by atoms with Gasteiger partial charge in [-0.3, -0.25) is 9.59 Å². The summed E-state index contributed by atoms with van der Waals surface area (Å²) < 4.78 is 40.8. The van der Waals surface area contributed by atoms with Gasteiger partial charge in [-0.15, -0.1) is 13.2 Å². The van der Waals surface area contributed by atoms with Gasteiger partial charge in [0, 0.05) is 16.5 Å². The topological polar surface area (TPSA) is 43.4 Å². The van der Waals surface area contributed by atoms with Gasteiger partial charge in [-0.25, -0.2) is 0 Å². The van der Waals surface area contributed by atoms with Gasteiger partial charge in [0.05, 0.1) is 6.42 Å². The highest BCUT2D eigenvalue weighted by molar-refractivity contribution is 9.10. The summed E-state index contributed by atoms with van der Waals surface area (Å²) in [7, 11) is 0. The van der Waals surface area contributed by atoms with Gasteiger partial charge >= 0.3 is 6.36 Å². The number of Topliss-reactive ketones (excluding diaryl/α,β-unsaturated/α-hetero) is 2. The molecule has 0 aliphatic heterocycles. The van der Waals surface area contributed by atoms with Crippen molar-refractivity contribution in [2.75, 3.05) is 0 Å².